The number of ether oxygens (including phenoxy) is 1. The van der Waals surface area contributed by atoms with Gasteiger partial charge in [0.15, 0.2) is 0 Å². The van der Waals surface area contributed by atoms with Gasteiger partial charge in [0.2, 0.25) is 0 Å². The second-order valence-corrected chi connectivity index (χ2v) is 11.8. The zero-order chi connectivity index (χ0) is 27.4. The van der Waals surface area contributed by atoms with Crippen molar-refractivity contribution in [2.75, 3.05) is 32.8 Å². The Labute approximate surface area is 235 Å². The molecule has 2 saturated heterocycles. The zero-order valence-corrected chi connectivity index (χ0v) is 23.6. The topological polar surface area (TPSA) is 70.2 Å². The van der Waals surface area contributed by atoms with E-state index in [1.165, 1.54) is 24.0 Å². The van der Waals surface area contributed by atoms with Crippen LogP contribution in [0.25, 0.3) is 6.08 Å². The van der Waals surface area contributed by atoms with E-state index in [0.717, 1.165) is 23.3 Å². The van der Waals surface area contributed by atoms with Crippen LogP contribution in [0.3, 0.4) is 0 Å². The summed E-state index contributed by atoms with van der Waals surface area (Å²) in [6.07, 6.45) is 6.22. The third kappa shape index (κ3) is 6.32. The van der Waals surface area contributed by atoms with Gasteiger partial charge >= 0.3 is 6.09 Å². The van der Waals surface area contributed by atoms with Crippen LogP contribution in [0.4, 0.5) is 4.79 Å². The van der Waals surface area contributed by atoms with Crippen LogP contribution in [0.5, 0.6) is 0 Å². The Morgan fingerprint density at radius 2 is 1.72 bits per heavy atom. The summed E-state index contributed by atoms with van der Waals surface area (Å²) in [5, 5.41) is 0.418. The highest BCUT2D eigenvalue weighted by Gasteiger charge is 2.40. The van der Waals surface area contributed by atoms with Crippen LogP contribution in [0.15, 0.2) is 53.4 Å². The molecule has 2 aromatic carbocycles. The first kappa shape index (κ1) is 27.3. The quantitative estimate of drug-likeness (QED) is 0.473. The number of nitrogens with zero attached hydrogens (tertiary/aromatic N) is 3. The van der Waals surface area contributed by atoms with E-state index in [1.807, 2.05) is 30.3 Å². The van der Waals surface area contributed by atoms with Crippen molar-refractivity contribution in [2.45, 2.75) is 57.4 Å². The van der Waals surface area contributed by atoms with Crippen molar-refractivity contribution >= 4 is 35.7 Å². The van der Waals surface area contributed by atoms with Gasteiger partial charge in [-0.15, -0.1) is 11.8 Å². The fourth-order valence-corrected chi connectivity index (χ4v) is 7.20. The molecule has 2 unspecified atom stereocenters. The largest absolute Gasteiger partial charge is 0.450 e. The fourth-order valence-electron chi connectivity index (χ4n) is 5.73. The van der Waals surface area contributed by atoms with Gasteiger partial charge in [-0.2, -0.15) is 0 Å². The lowest BCUT2D eigenvalue weighted by Crippen LogP contribution is -2.50. The summed E-state index contributed by atoms with van der Waals surface area (Å²) in [4.78, 5) is 45.0. The van der Waals surface area contributed by atoms with Crippen molar-refractivity contribution in [3.63, 3.8) is 0 Å². The normalized spacial score (nSPS) is 22.6. The number of amides is 3. The van der Waals surface area contributed by atoms with Crippen molar-refractivity contribution in [1.82, 2.24) is 14.7 Å². The van der Waals surface area contributed by atoms with Crippen molar-refractivity contribution in [3.05, 3.63) is 75.7 Å². The van der Waals surface area contributed by atoms with E-state index < -0.39 is 0 Å². The van der Waals surface area contributed by atoms with Gasteiger partial charge in [-0.1, -0.05) is 54.8 Å². The Morgan fingerprint density at radius 3 is 2.44 bits per heavy atom. The van der Waals surface area contributed by atoms with E-state index in [2.05, 4.69) is 36.1 Å². The van der Waals surface area contributed by atoms with Crippen LogP contribution in [0, 0.1) is 6.92 Å². The maximum absolute atomic E-state index is 13.7. The van der Waals surface area contributed by atoms with Crippen molar-refractivity contribution in [1.29, 1.82) is 0 Å². The molecular weight excluding hydrogens is 510 g/mol. The minimum Gasteiger partial charge on any atom is -0.450 e. The van der Waals surface area contributed by atoms with Crippen molar-refractivity contribution in [3.8, 4) is 0 Å². The molecule has 206 valence electrons. The second-order valence-electron chi connectivity index (χ2n) is 10.5. The van der Waals surface area contributed by atoms with E-state index in [-0.39, 0.29) is 23.9 Å². The molecular formula is C31H37N3O4S. The number of benzene rings is 2. The molecule has 0 N–H and O–H groups in total. The Kier molecular flexibility index (Phi) is 8.60. The highest BCUT2D eigenvalue weighted by molar-refractivity contribution is 8.04. The molecule has 2 heterocycles. The molecule has 0 spiro atoms. The van der Waals surface area contributed by atoms with Crippen LogP contribution in [-0.4, -0.2) is 76.7 Å². The second kappa shape index (κ2) is 12.3. The number of hydrogen-bond acceptors (Lipinski definition) is 5. The number of fused-ring (bicyclic) bond motifs is 1. The summed E-state index contributed by atoms with van der Waals surface area (Å²) >= 11 is 1.73. The first-order valence-corrected chi connectivity index (χ1v) is 14.9. The Bertz CT molecular complexity index is 1240. The summed E-state index contributed by atoms with van der Waals surface area (Å²) in [5.74, 6) is 0.0551. The third-order valence-electron chi connectivity index (χ3n) is 7.80. The molecule has 0 radical (unpaired) electrons. The molecule has 0 aromatic heterocycles. The van der Waals surface area contributed by atoms with E-state index in [1.54, 1.807) is 28.5 Å². The molecule has 1 aliphatic carbocycles. The number of carbonyl (C=O) groups excluding carboxylic acids is 3. The average molecular weight is 548 g/mol. The summed E-state index contributed by atoms with van der Waals surface area (Å²) in [6, 6.07) is 16.2. The predicted molar refractivity (Wildman–Crippen MR) is 154 cm³/mol. The minimum atomic E-state index is -0.325. The predicted octanol–water partition coefficient (Wildman–Crippen LogP) is 5.34. The highest BCUT2D eigenvalue weighted by Crippen LogP contribution is 2.42. The number of hydrogen-bond donors (Lipinski definition) is 0. The maximum atomic E-state index is 13.7. The minimum absolute atomic E-state index is 0.0461. The van der Waals surface area contributed by atoms with Gasteiger partial charge in [0, 0.05) is 49.6 Å². The van der Waals surface area contributed by atoms with Crippen LogP contribution < -0.4 is 0 Å². The van der Waals surface area contributed by atoms with Crippen LogP contribution in [-0.2, 0) is 16.1 Å². The summed E-state index contributed by atoms with van der Waals surface area (Å²) in [5.41, 5.74) is 3.90. The number of aryl methyl sites for hydroxylation is 1. The van der Waals surface area contributed by atoms with E-state index in [9.17, 15) is 14.4 Å². The van der Waals surface area contributed by atoms with Crippen LogP contribution >= 0.6 is 11.8 Å². The summed E-state index contributed by atoms with van der Waals surface area (Å²) in [6.45, 7) is 6.75. The number of rotatable bonds is 5. The molecule has 8 heteroatoms. The Hall–Kier alpha value is -3.26. The lowest BCUT2D eigenvalue weighted by atomic mass is 9.92. The van der Waals surface area contributed by atoms with Crippen LogP contribution in [0.1, 0.15) is 59.7 Å². The van der Waals surface area contributed by atoms with Gasteiger partial charge < -0.3 is 19.4 Å². The lowest BCUT2D eigenvalue weighted by Gasteiger charge is -2.44. The average Bonchev–Trinajstić information content (AvgIpc) is 2.95. The zero-order valence-electron chi connectivity index (χ0n) is 22.8. The standard InChI is InChI=1S/C31H37N3O4S/c1-3-38-31(37)33-17-15-32(16-18-33)29(35)25-13-11-23(12-14-25)20-28-30(36)34(21-24-8-6-7-22(2)19-24)26-9-4-5-10-27(26)39-28/h6-8,11-14,19-20,26-27H,3-5,9-10,15-18,21H2,1-2H3/b28-20+. The summed E-state index contributed by atoms with van der Waals surface area (Å²) in [7, 11) is 0. The van der Waals surface area contributed by atoms with Gasteiger partial charge in [-0.25, -0.2) is 4.79 Å². The molecule has 1 saturated carbocycles. The fraction of sp³-hybridized carbons (Fsp3) is 0.452. The van der Waals surface area contributed by atoms with Crippen LogP contribution in [0.2, 0.25) is 0 Å². The van der Waals surface area contributed by atoms with E-state index in [0.29, 0.717) is 50.1 Å². The number of piperazine rings is 1. The molecule has 7 nitrogen and oxygen atoms in total. The SMILES string of the molecule is CCOC(=O)N1CCN(C(=O)c2ccc(/C=C3/SC4CCCCC4N(Cc4cccc(C)c4)C3=O)cc2)CC1. The molecule has 3 aliphatic rings. The van der Waals surface area contributed by atoms with Gasteiger partial charge in [0.05, 0.1) is 11.5 Å². The van der Waals surface area contributed by atoms with Crippen molar-refractivity contribution in [2.24, 2.45) is 0 Å². The van der Waals surface area contributed by atoms with Crippen molar-refractivity contribution < 1.29 is 19.1 Å². The number of thioether (sulfide) groups is 1. The molecule has 3 amide bonds. The number of carbonyl (C=O) groups is 3. The molecule has 3 fully saturated rings. The molecule has 39 heavy (non-hydrogen) atoms. The maximum Gasteiger partial charge on any atom is 0.409 e. The lowest BCUT2D eigenvalue weighted by molar-refractivity contribution is -0.130. The molecule has 2 aliphatic heterocycles. The smallest absolute Gasteiger partial charge is 0.409 e. The molecule has 2 atom stereocenters. The molecule has 0 bridgehead atoms. The van der Waals surface area contributed by atoms with Gasteiger partial charge in [-0.05, 0) is 56.0 Å². The first-order valence-electron chi connectivity index (χ1n) is 14.0. The monoisotopic (exact) mass is 547 g/mol. The summed E-state index contributed by atoms with van der Waals surface area (Å²) < 4.78 is 5.06. The van der Waals surface area contributed by atoms with E-state index >= 15 is 0 Å². The molecule has 2 aromatic rings. The van der Waals surface area contributed by atoms with Gasteiger partial charge in [0.1, 0.15) is 0 Å². The molecule has 5 rings (SSSR count). The Balaban J connectivity index is 1.27. The van der Waals surface area contributed by atoms with E-state index in [4.69, 9.17) is 4.74 Å². The highest BCUT2D eigenvalue weighted by atomic mass is 32.2. The first-order chi connectivity index (χ1) is 18.9. The van der Waals surface area contributed by atoms with Gasteiger partial charge in [-0.3, -0.25) is 9.59 Å². The Morgan fingerprint density at radius 1 is 1.00 bits per heavy atom. The van der Waals surface area contributed by atoms with Gasteiger partial charge in [0.25, 0.3) is 11.8 Å². The third-order valence-corrected chi connectivity index (χ3v) is 9.20.